The van der Waals surface area contributed by atoms with Crippen molar-refractivity contribution in [2.24, 2.45) is 11.5 Å². The van der Waals surface area contributed by atoms with Crippen LogP contribution in [-0.2, 0) is 0 Å². The fourth-order valence-corrected chi connectivity index (χ4v) is 4.33. The van der Waals surface area contributed by atoms with E-state index in [9.17, 15) is 0 Å². The number of nitrogens with two attached hydrogens (primary N) is 2. The summed E-state index contributed by atoms with van der Waals surface area (Å²) in [5, 5.41) is 5.04. The van der Waals surface area contributed by atoms with Crippen LogP contribution in [0.5, 0.6) is 0 Å². The molecule has 146 valence electrons. The first kappa shape index (κ1) is 18.6. The molecule has 4 N–H and O–H groups in total. The smallest absolute Gasteiger partial charge is 0.0784 e. The largest absolute Gasteiger partial charge is 0.312 e. The van der Waals surface area contributed by atoms with Crippen LogP contribution in [0.4, 0.5) is 0 Å². The lowest BCUT2D eigenvalue weighted by molar-refractivity contribution is 0.774. The third-order valence-electron chi connectivity index (χ3n) is 5.86. The van der Waals surface area contributed by atoms with Gasteiger partial charge in [-0.25, -0.2) is 0 Å². The summed E-state index contributed by atoms with van der Waals surface area (Å²) in [6, 6.07) is 34.5. The molecule has 0 saturated heterocycles. The zero-order chi connectivity index (χ0) is 20.7. The summed E-state index contributed by atoms with van der Waals surface area (Å²) in [5.41, 5.74) is 18.8. The minimum absolute atomic E-state index is 0.469. The highest BCUT2D eigenvalue weighted by Gasteiger charge is 2.17. The quantitative estimate of drug-likeness (QED) is 0.272. The topological polar surface area (TPSA) is 52.0 Å². The van der Waals surface area contributed by atoms with Crippen molar-refractivity contribution in [1.82, 2.24) is 0 Å². The SMILES string of the molecule is Cc1ccc(-c2c(-c3ccc(C(N)N)cc3)c3ccccc3c3ccccc23)cc1. The third kappa shape index (κ3) is 3.07. The van der Waals surface area contributed by atoms with Crippen LogP contribution >= 0.6 is 0 Å². The predicted octanol–water partition coefficient (Wildman–Crippen LogP) is 6.55. The Hall–Kier alpha value is -3.46. The van der Waals surface area contributed by atoms with Crippen molar-refractivity contribution in [1.29, 1.82) is 0 Å². The van der Waals surface area contributed by atoms with Crippen LogP contribution in [-0.4, -0.2) is 0 Å². The first-order chi connectivity index (χ1) is 14.6. The van der Waals surface area contributed by atoms with Crippen LogP contribution in [0.25, 0.3) is 43.8 Å². The molecule has 0 aliphatic carbocycles. The Balaban J connectivity index is 1.93. The lowest BCUT2D eigenvalue weighted by Gasteiger charge is -2.19. The van der Waals surface area contributed by atoms with Gasteiger partial charge in [0, 0.05) is 0 Å². The summed E-state index contributed by atoms with van der Waals surface area (Å²) in [5.74, 6) is 0. The van der Waals surface area contributed by atoms with Crippen molar-refractivity contribution in [3.05, 3.63) is 108 Å². The Morgan fingerprint density at radius 1 is 0.500 bits per heavy atom. The Bertz CT molecular complexity index is 1350. The average Bonchev–Trinajstić information content (AvgIpc) is 2.79. The van der Waals surface area contributed by atoms with Crippen molar-refractivity contribution in [3.8, 4) is 22.3 Å². The van der Waals surface area contributed by atoms with Gasteiger partial charge < -0.3 is 11.5 Å². The summed E-state index contributed by atoms with van der Waals surface area (Å²) in [6.45, 7) is 2.12. The molecule has 0 spiro atoms. The Labute approximate surface area is 176 Å². The van der Waals surface area contributed by atoms with E-state index in [1.807, 2.05) is 12.1 Å². The monoisotopic (exact) mass is 388 g/mol. The summed E-state index contributed by atoms with van der Waals surface area (Å²) in [7, 11) is 0. The first-order valence-corrected chi connectivity index (χ1v) is 10.3. The van der Waals surface area contributed by atoms with E-state index in [-0.39, 0.29) is 0 Å². The second kappa shape index (κ2) is 7.42. The highest BCUT2D eigenvalue weighted by molar-refractivity contribution is 6.21. The van der Waals surface area contributed by atoms with Crippen molar-refractivity contribution >= 4 is 21.5 Å². The maximum atomic E-state index is 5.88. The molecule has 2 heteroatoms. The molecular formula is C28H24N2. The van der Waals surface area contributed by atoms with E-state index in [0.717, 1.165) is 11.1 Å². The molecule has 0 unspecified atom stereocenters. The van der Waals surface area contributed by atoms with Crippen molar-refractivity contribution in [3.63, 3.8) is 0 Å². The number of fused-ring (bicyclic) bond motifs is 3. The molecule has 5 aromatic carbocycles. The normalized spacial score (nSPS) is 11.5. The fourth-order valence-electron chi connectivity index (χ4n) is 4.33. The first-order valence-electron chi connectivity index (χ1n) is 10.3. The van der Waals surface area contributed by atoms with Gasteiger partial charge in [0.2, 0.25) is 0 Å². The molecule has 5 rings (SSSR count). The molecule has 0 saturated carbocycles. The number of benzene rings is 5. The fraction of sp³-hybridized carbons (Fsp3) is 0.0714. The van der Waals surface area contributed by atoms with Gasteiger partial charge >= 0.3 is 0 Å². The van der Waals surface area contributed by atoms with E-state index in [4.69, 9.17) is 11.5 Å². The molecule has 5 aromatic rings. The number of hydrogen-bond acceptors (Lipinski definition) is 2. The average molecular weight is 389 g/mol. The molecule has 0 heterocycles. The molecule has 0 fully saturated rings. The second-order valence-corrected chi connectivity index (χ2v) is 7.85. The van der Waals surface area contributed by atoms with Gasteiger partial charge in [-0.1, -0.05) is 103 Å². The molecule has 30 heavy (non-hydrogen) atoms. The standard InChI is InChI=1S/C28H24N2/c1-18-10-12-19(13-11-18)26-24-8-4-2-6-22(24)23-7-3-5-9-25(23)27(26)20-14-16-21(17-15-20)28(29)30/h2-17,28H,29-30H2,1H3. The van der Waals surface area contributed by atoms with Crippen LogP contribution in [0.1, 0.15) is 17.3 Å². The van der Waals surface area contributed by atoms with E-state index < -0.39 is 6.17 Å². The Morgan fingerprint density at radius 3 is 1.33 bits per heavy atom. The molecule has 0 amide bonds. The molecule has 0 atom stereocenters. The maximum absolute atomic E-state index is 5.88. The van der Waals surface area contributed by atoms with Crippen LogP contribution in [0.2, 0.25) is 0 Å². The lowest BCUT2D eigenvalue weighted by atomic mass is 9.84. The molecular weight excluding hydrogens is 364 g/mol. The zero-order valence-corrected chi connectivity index (χ0v) is 17.0. The van der Waals surface area contributed by atoms with E-state index in [0.29, 0.717) is 0 Å². The van der Waals surface area contributed by atoms with Gasteiger partial charge in [0.25, 0.3) is 0 Å². The summed E-state index contributed by atoms with van der Waals surface area (Å²) >= 11 is 0. The highest BCUT2D eigenvalue weighted by Crippen LogP contribution is 2.44. The van der Waals surface area contributed by atoms with Gasteiger partial charge in [-0.3, -0.25) is 0 Å². The molecule has 0 radical (unpaired) electrons. The summed E-state index contributed by atoms with van der Waals surface area (Å²) < 4.78 is 0. The van der Waals surface area contributed by atoms with E-state index in [2.05, 4.69) is 91.9 Å². The number of rotatable bonds is 3. The molecule has 0 aromatic heterocycles. The van der Waals surface area contributed by atoms with Crippen LogP contribution in [0.3, 0.4) is 0 Å². The van der Waals surface area contributed by atoms with Crippen LogP contribution in [0, 0.1) is 6.92 Å². The minimum Gasteiger partial charge on any atom is -0.312 e. The van der Waals surface area contributed by atoms with Gasteiger partial charge in [-0.2, -0.15) is 0 Å². The van der Waals surface area contributed by atoms with Crippen molar-refractivity contribution < 1.29 is 0 Å². The zero-order valence-electron chi connectivity index (χ0n) is 17.0. The highest BCUT2D eigenvalue weighted by atomic mass is 14.8. The molecule has 0 aliphatic rings. The van der Waals surface area contributed by atoms with Gasteiger partial charge in [0.1, 0.15) is 0 Å². The van der Waals surface area contributed by atoms with Crippen molar-refractivity contribution in [2.45, 2.75) is 13.1 Å². The predicted molar refractivity (Wildman–Crippen MR) is 128 cm³/mol. The second-order valence-electron chi connectivity index (χ2n) is 7.85. The number of aryl methyl sites for hydroxylation is 1. The van der Waals surface area contributed by atoms with Gasteiger partial charge in [0.15, 0.2) is 0 Å². The van der Waals surface area contributed by atoms with Crippen LogP contribution < -0.4 is 11.5 Å². The van der Waals surface area contributed by atoms with Crippen LogP contribution in [0.15, 0.2) is 97.1 Å². The molecule has 0 aliphatic heterocycles. The number of hydrogen-bond donors (Lipinski definition) is 2. The van der Waals surface area contributed by atoms with E-state index >= 15 is 0 Å². The van der Waals surface area contributed by atoms with Gasteiger partial charge in [-0.15, -0.1) is 0 Å². The van der Waals surface area contributed by atoms with Gasteiger partial charge in [-0.05, 0) is 56.3 Å². The molecule has 0 bridgehead atoms. The summed E-state index contributed by atoms with van der Waals surface area (Å²) in [6.07, 6.45) is -0.469. The Morgan fingerprint density at radius 2 is 0.900 bits per heavy atom. The minimum atomic E-state index is -0.469. The Kier molecular flexibility index (Phi) is 4.59. The van der Waals surface area contributed by atoms with E-state index in [1.165, 1.54) is 43.8 Å². The molecule has 2 nitrogen and oxygen atoms in total. The summed E-state index contributed by atoms with van der Waals surface area (Å²) in [4.78, 5) is 0. The van der Waals surface area contributed by atoms with E-state index in [1.54, 1.807) is 0 Å². The maximum Gasteiger partial charge on any atom is 0.0784 e. The third-order valence-corrected chi connectivity index (χ3v) is 5.86. The van der Waals surface area contributed by atoms with Crippen molar-refractivity contribution in [2.75, 3.05) is 0 Å². The lowest BCUT2D eigenvalue weighted by Crippen LogP contribution is -2.19. The van der Waals surface area contributed by atoms with Gasteiger partial charge in [0.05, 0.1) is 6.17 Å².